The molecule has 0 aliphatic rings. The monoisotopic (exact) mass is 376 g/mol. The third-order valence-electron chi connectivity index (χ3n) is 3.11. The van der Waals surface area contributed by atoms with Gasteiger partial charge in [-0.25, -0.2) is 5.43 Å². The van der Waals surface area contributed by atoms with Crippen LogP contribution in [0.3, 0.4) is 0 Å². The number of nitrogens with one attached hydrogen (secondary N) is 1. The van der Waals surface area contributed by atoms with E-state index in [-0.39, 0.29) is 12.3 Å². The van der Waals surface area contributed by atoms with Gasteiger partial charge in [0.05, 0.1) is 26.9 Å². The van der Waals surface area contributed by atoms with Crippen LogP contribution in [0.25, 0.3) is 0 Å². The fraction of sp³-hybridized carbons (Fsp3) is 0.176. The topological polar surface area (TPSA) is 59.9 Å². The Morgan fingerprint density at radius 2 is 1.91 bits per heavy atom. The zero-order valence-electron chi connectivity index (χ0n) is 12.9. The van der Waals surface area contributed by atoms with Crippen LogP contribution in [0.2, 0.25) is 0 Å². The minimum atomic E-state index is -0.184. The van der Waals surface area contributed by atoms with Gasteiger partial charge in [-0.15, -0.1) is 0 Å². The zero-order valence-corrected chi connectivity index (χ0v) is 14.5. The van der Waals surface area contributed by atoms with Crippen molar-refractivity contribution in [3.05, 3.63) is 58.1 Å². The summed E-state index contributed by atoms with van der Waals surface area (Å²) in [6.45, 7) is 0. The van der Waals surface area contributed by atoms with Crippen LogP contribution in [0.5, 0.6) is 11.5 Å². The molecule has 0 saturated heterocycles. The van der Waals surface area contributed by atoms with Crippen molar-refractivity contribution in [2.45, 2.75) is 6.42 Å². The standard InChI is InChI=1S/C17H17BrN2O3/c1-22-15-8-5-13(16(10-15)23-2)11-19-20-17(21)9-12-3-6-14(18)7-4-12/h3-8,10-11H,9H2,1-2H3,(H,20,21)/b19-11-. The summed E-state index contributed by atoms with van der Waals surface area (Å²) in [6, 6.07) is 12.9. The predicted molar refractivity (Wildman–Crippen MR) is 93.1 cm³/mol. The second kappa shape index (κ2) is 8.33. The van der Waals surface area contributed by atoms with Crippen molar-refractivity contribution in [1.29, 1.82) is 0 Å². The number of nitrogens with zero attached hydrogens (tertiary/aromatic N) is 1. The van der Waals surface area contributed by atoms with E-state index in [9.17, 15) is 4.79 Å². The molecule has 23 heavy (non-hydrogen) atoms. The predicted octanol–water partition coefficient (Wildman–Crippen LogP) is 3.16. The van der Waals surface area contributed by atoms with Gasteiger partial charge in [-0.05, 0) is 29.8 Å². The van der Waals surface area contributed by atoms with Crippen molar-refractivity contribution in [1.82, 2.24) is 5.43 Å². The Labute approximate surface area is 143 Å². The molecule has 0 unspecified atom stereocenters. The average Bonchev–Trinajstić information content (AvgIpc) is 2.57. The second-order valence-corrected chi connectivity index (χ2v) is 5.62. The van der Waals surface area contributed by atoms with Crippen LogP contribution in [0, 0.1) is 0 Å². The molecule has 0 spiro atoms. The summed E-state index contributed by atoms with van der Waals surface area (Å²) >= 11 is 3.36. The SMILES string of the molecule is COc1ccc(/C=N\NC(=O)Cc2ccc(Br)cc2)c(OC)c1. The molecule has 5 nitrogen and oxygen atoms in total. The van der Waals surface area contributed by atoms with Gasteiger partial charge in [-0.2, -0.15) is 5.10 Å². The lowest BCUT2D eigenvalue weighted by Crippen LogP contribution is -2.19. The summed E-state index contributed by atoms with van der Waals surface area (Å²) in [5.41, 5.74) is 4.17. The van der Waals surface area contributed by atoms with Gasteiger partial charge in [0, 0.05) is 16.1 Å². The highest BCUT2D eigenvalue weighted by molar-refractivity contribution is 9.10. The van der Waals surface area contributed by atoms with Crippen molar-refractivity contribution in [2.75, 3.05) is 14.2 Å². The first-order valence-corrected chi connectivity index (χ1v) is 7.70. The largest absolute Gasteiger partial charge is 0.497 e. The van der Waals surface area contributed by atoms with Crippen molar-refractivity contribution >= 4 is 28.1 Å². The molecule has 1 amide bonds. The number of carbonyl (C=O) groups excluding carboxylic acids is 1. The molecular formula is C17H17BrN2O3. The molecule has 0 aliphatic carbocycles. The smallest absolute Gasteiger partial charge is 0.244 e. The normalized spacial score (nSPS) is 10.6. The summed E-state index contributed by atoms with van der Waals surface area (Å²) < 4.78 is 11.4. The molecule has 0 atom stereocenters. The lowest BCUT2D eigenvalue weighted by molar-refractivity contribution is -0.120. The van der Waals surface area contributed by atoms with Crippen LogP contribution in [0.4, 0.5) is 0 Å². The van der Waals surface area contributed by atoms with Crippen LogP contribution >= 0.6 is 15.9 Å². The molecule has 0 bridgehead atoms. The van der Waals surface area contributed by atoms with Crippen molar-refractivity contribution in [2.24, 2.45) is 5.10 Å². The van der Waals surface area contributed by atoms with Crippen LogP contribution in [0.15, 0.2) is 52.0 Å². The van der Waals surface area contributed by atoms with Gasteiger partial charge >= 0.3 is 0 Å². The Morgan fingerprint density at radius 3 is 2.57 bits per heavy atom. The van der Waals surface area contributed by atoms with E-state index in [0.29, 0.717) is 11.5 Å². The molecule has 0 aliphatic heterocycles. The number of hydrogen-bond acceptors (Lipinski definition) is 4. The Morgan fingerprint density at radius 1 is 1.17 bits per heavy atom. The number of rotatable bonds is 6. The van der Waals surface area contributed by atoms with Crippen LogP contribution in [-0.4, -0.2) is 26.3 Å². The third-order valence-corrected chi connectivity index (χ3v) is 3.64. The Hall–Kier alpha value is -2.34. The fourth-order valence-electron chi connectivity index (χ4n) is 1.93. The number of halogens is 1. The van der Waals surface area contributed by atoms with Gasteiger partial charge in [0.15, 0.2) is 0 Å². The second-order valence-electron chi connectivity index (χ2n) is 4.70. The van der Waals surface area contributed by atoms with Gasteiger partial charge in [0.2, 0.25) is 5.91 Å². The summed E-state index contributed by atoms with van der Waals surface area (Å²) in [7, 11) is 3.16. The average molecular weight is 377 g/mol. The number of hydrazone groups is 1. The number of benzene rings is 2. The van der Waals surface area contributed by atoms with E-state index in [1.807, 2.05) is 30.3 Å². The van der Waals surface area contributed by atoms with Crippen molar-refractivity contribution in [3.8, 4) is 11.5 Å². The molecule has 2 rings (SSSR count). The maximum atomic E-state index is 11.9. The summed E-state index contributed by atoms with van der Waals surface area (Å²) in [6.07, 6.45) is 1.81. The first kappa shape index (κ1) is 17.0. The molecule has 0 radical (unpaired) electrons. The van der Waals surface area contributed by atoms with Crippen molar-refractivity contribution < 1.29 is 14.3 Å². The van der Waals surface area contributed by atoms with Crippen LogP contribution < -0.4 is 14.9 Å². The first-order chi connectivity index (χ1) is 11.1. The molecule has 2 aromatic carbocycles. The van der Waals surface area contributed by atoms with Gasteiger partial charge in [0.1, 0.15) is 11.5 Å². The molecular weight excluding hydrogens is 360 g/mol. The number of methoxy groups -OCH3 is 2. The lowest BCUT2D eigenvalue weighted by atomic mass is 10.1. The molecule has 0 heterocycles. The molecule has 120 valence electrons. The molecule has 1 N–H and O–H groups in total. The molecule has 6 heteroatoms. The maximum absolute atomic E-state index is 11.9. The highest BCUT2D eigenvalue weighted by atomic mass is 79.9. The van der Waals surface area contributed by atoms with Crippen LogP contribution in [-0.2, 0) is 11.2 Å². The quantitative estimate of drug-likeness (QED) is 0.622. The summed E-state index contributed by atoms with van der Waals surface area (Å²) in [5.74, 6) is 1.13. The van der Waals surface area contributed by atoms with E-state index >= 15 is 0 Å². The Kier molecular flexibility index (Phi) is 6.17. The fourth-order valence-corrected chi connectivity index (χ4v) is 2.19. The van der Waals surface area contributed by atoms with Gasteiger partial charge < -0.3 is 9.47 Å². The molecule has 2 aromatic rings. The Balaban J connectivity index is 1.95. The van der Waals surface area contributed by atoms with E-state index < -0.39 is 0 Å². The first-order valence-electron chi connectivity index (χ1n) is 6.90. The van der Waals surface area contributed by atoms with E-state index in [0.717, 1.165) is 15.6 Å². The molecule has 0 aromatic heterocycles. The highest BCUT2D eigenvalue weighted by Gasteiger charge is 2.04. The lowest BCUT2D eigenvalue weighted by Gasteiger charge is -2.07. The van der Waals surface area contributed by atoms with Gasteiger partial charge in [-0.3, -0.25) is 4.79 Å². The summed E-state index contributed by atoms with van der Waals surface area (Å²) in [5, 5.41) is 3.96. The molecule has 0 fully saturated rings. The van der Waals surface area contributed by atoms with E-state index in [1.54, 1.807) is 26.4 Å². The van der Waals surface area contributed by atoms with Crippen LogP contribution in [0.1, 0.15) is 11.1 Å². The number of hydrogen-bond donors (Lipinski definition) is 1. The van der Waals surface area contributed by atoms with Gasteiger partial charge in [0.25, 0.3) is 0 Å². The van der Waals surface area contributed by atoms with E-state index in [1.165, 1.54) is 6.21 Å². The minimum Gasteiger partial charge on any atom is -0.497 e. The number of amides is 1. The minimum absolute atomic E-state index is 0.184. The zero-order chi connectivity index (χ0) is 16.7. The number of ether oxygens (including phenoxy) is 2. The van der Waals surface area contributed by atoms with Crippen molar-refractivity contribution in [3.63, 3.8) is 0 Å². The van der Waals surface area contributed by atoms with E-state index in [2.05, 4.69) is 26.5 Å². The Bertz CT molecular complexity index is 699. The third kappa shape index (κ3) is 5.10. The number of carbonyl (C=O) groups is 1. The van der Waals surface area contributed by atoms with Gasteiger partial charge in [-0.1, -0.05) is 28.1 Å². The molecule has 0 saturated carbocycles. The highest BCUT2D eigenvalue weighted by Crippen LogP contribution is 2.22. The summed E-state index contributed by atoms with van der Waals surface area (Å²) in [4.78, 5) is 11.9. The maximum Gasteiger partial charge on any atom is 0.244 e. The van der Waals surface area contributed by atoms with E-state index in [4.69, 9.17) is 9.47 Å².